The van der Waals surface area contributed by atoms with Gasteiger partial charge in [0.25, 0.3) is 0 Å². The van der Waals surface area contributed by atoms with Gasteiger partial charge in [-0.15, -0.1) is 10.2 Å². The standard InChI is InChI=1S/C23H27F2N7/c1-16-29-30-21(31(16)2)14-27-23(26-13-17-7-4-3-5-8-17)28-18-11-12-32(15-18)22-19(24)9-6-10-20(22)25/h3-10,18H,11-15H2,1-2H3,(H2,26,27,28). The minimum absolute atomic E-state index is 0.00254. The Kier molecular flexibility index (Phi) is 6.63. The van der Waals surface area contributed by atoms with E-state index in [1.807, 2.05) is 48.9 Å². The molecule has 32 heavy (non-hydrogen) atoms. The van der Waals surface area contributed by atoms with E-state index in [2.05, 4.69) is 20.8 Å². The zero-order valence-corrected chi connectivity index (χ0v) is 18.2. The van der Waals surface area contributed by atoms with E-state index in [0.717, 1.165) is 23.6 Å². The number of halogens is 2. The maximum Gasteiger partial charge on any atom is 0.192 e. The first-order chi connectivity index (χ1) is 15.5. The maximum absolute atomic E-state index is 14.2. The Labute approximate surface area is 186 Å². The van der Waals surface area contributed by atoms with Gasteiger partial charge in [-0.05, 0) is 31.0 Å². The van der Waals surface area contributed by atoms with Gasteiger partial charge in [0.05, 0.1) is 13.1 Å². The number of aromatic nitrogens is 3. The zero-order chi connectivity index (χ0) is 22.5. The van der Waals surface area contributed by atoms with Crippen molar-refractivity contribution in [1.82, 2.24) is 25.4 Å². The number of para-hydroxylation sites is 1. The van der Waals surface area contributed by atoms with Crippen molar-refractivity contribution in [1.29, 1.82) is 0 Å². The van der Waals surface area contributed by atoms with Crippen molar-refractivity contribution in [2.45, 2.75) is 32.5 Å². The van der Waals surface area contributed by atoms with E-state index in [0.29, 0.717) is 32.1 Å². The van der Waals surface area contributed by atoms with Crippen molar-refractivity contribution >= 4 is 11.6 Å². The molecule has 0 amide bonds. The zero-order valence-electron chi connectivity index (χ0n) is 18.2. The van der Waals surface area contributed by atoms with Crippen molar-refractivity contribution in [3.8, 4) is 0 Å². The summed E-state index contributed by atoms with van der Waals surface area (Å²) in [7, 11) is 1.92. The first kappa shape index (κ1) is 21.7. The van der Waals surface area contributed by atoms with Gasteiger partial charge < -0.3 is 20.1 Å². The quantitative estimate of drug-likeness (QED) is 0.457. The molecule has 0 spiro atoms. The summed E-state index contributed by atoms with van der Waals surface area (Å²) >= 11 is 0. The van der Waals surface area contributed by atoms with Gasteiger partial charge in [-0.3, -0.25) is 0 Å². The van der Waals surface area contributed by atoms with Gasteiger partial charge in [-0.1, -0.05) is 36.4 Å². The van der Waals surface area contributed by atoms with Crippen molar-refractivity contribution < 1.29 is 8.78 Å². The van der Waals surface area contributed by atoms with Gasteiger partial charge in [-0.25, -0.2) is 13.8 Å². The third kappa shape index (κ3) is 5.04. The average Bonchev–Trinajstić information content (AvgIpc) is 3.37. The second kappa shape index (κ2) is 9.76. The molecule has 1 saturated heterocycles. The number of guanidine groups is 1. The van der Waals surface area contributed by atoms with Gasteiger partial charge in [0.2, 0.25) is 0 Å². The van der Waals surface area contributed by atoms with Crippen LogP contribution < -0.4 is 15.5 Å². The van der Waals surface area contributed by atoms with E-state index in [1.165, 1.54) is 18.2 Å². The minimum atomic E-state index is -0.542. The van der Waals surface area contributed by atoms with Crippen LogP contribution in [-0.2, 0) is 20.1 Å². The molecule has 1 unspecified atom stereocenters. The van der Waals surface area contributed by atoms with Gasteiger partial charge in [0.1, 0.15) is 23.1 Å². The Balaban J connectivity index is 1.45. The summed E-state index contributed by atoms with van der Waals surface area (Å²) in [5, 5.41) is 15.0. The van der Waals surface area contributed by atoms with E-state index < -0.39 is 11.6 Å². The monoisotopic (exact) mass is 439 g/mol. The average molecular weight is 440 g/mol. The van der Waals surface area contributed by atoms with Crippen LogP contribution in [0.3, 0.4) is 0 Å². The van der Waals surface area contributed by atoms with Crippen molar-refractivity contribution in [2.75, 3.05) is 18.0 Å². The molecule has 1 aliphatic rings. The maximum atomic E-state index is 14.2. The van der Waals surface area contributed by atoms with Crippen LogP contribution in [0, 0.1) is 18.6 Å². The molecule has 1 aromatic heterocycles. The lowest BCUT2D eigenvalue weighted by atomic mass is 10.2. The second-order valence-corrected chi connectivity index (χ2v) is 7.87. The number of rotatable bonds is 6. The summed E-state index contributed by atoms with van der Waals surface area (Å²) < 4.78 is 30.3. The van der Waals surface area contributed by atoms with Crippen LogP contribution in [0.25, 0.3) is 0 Å². The number of aryl methyl sites for hydroxylation is 1. The molecule has 1 aliphatic heterocycles. The van der Waals surface area contributed by atoms with Crippen LogP contribution in [0.5, 0.6) is 0 Å². The van der Waals surface area contributed by atoms with Gasteiger partial charge in [0, 0.05) is 26.2 Å². The topological polar surface area (TPSA) is 70.4 Å². The SMILES string of the molecule is Cc1nnc(CNC(=NCc2ccccc2)NC2CCN(c3c(F)cccc3F)C2)n1C. The highest BCUT2D eigenvalue weighted by Gasteiger charge is 2.27. The first-order valence-corrected chi connectivity index (χ1v) is 10.6. The van der Waals surface area contributed by atoms with Crippen LogP contribution in [0.2, 0.25) is 0 Å². The van der Waals surface area contributed by atoms with Crippen LogP contribution in [-0.4, -0.2) is 39.9 Å². The fourth-order valence-electron chi connectivity index (χ4n) is 3.74. The molecule has 168 valence electrons. The normalized spacial score (nSPS) is 16.4. The largest absolute Gasteiger partial charge is 0.365 e. The Bertz CT molecular complexity index is 1060. The lowest BCUT2D eigenvalue weighted by Crippen LogP contribution is -2.44. The fraction of sp³-hybridized carbons (Fsp3) is 0.348. The van der Waals surface area contributed by atoms with E-state index >= 15 is 0 Å². The predicted octanol–water partition coefficient (Wildman–Crippen LogP) is 2.92. The molecule has 4 rings (SSSR count). The summed E-state index contributed by atoms with van der Waals surface area (Å²) in [6.45, 7) is 3.90. The third-order valence-corrected chi connectivity index (χ3v) is 5.64. The van der Waals surface area contributed by atoms with E-state index in [1.54, 1.807) is 4.90 Å². The summed E-state index contributed by atoms with van der Waals surface area (Å²) in [6, 6.07) is 13.9. The molecule has 7 nitrogen and oxygen atoms in total. The first-order valence-electron chi connectivity index (χ1n) is 10.6. The van der Waals surface area contributed by atoms with Gasteiger partial charge in [-0.2, -0.15) is 0 Å². The van der Waals surface area contributed by atoms with Crippen LogP contribution in [0.15, 0.2) is 53.5 Å². The van der Waals surface area contributed by atoms with Crippen LogP contribution >= 0.6 is 0 Å². The van der Waals surface area contributed by atoms with Crippen LogP contribution in [0.4, 0.5) is 14.5 Å². The molecule has 0 radical (unpaired) electrons. The van der Waals surface area contributed by atoms with Crippen molar-refractivity contribution in [3.05, 3.63) is 77.4 Å². The third-order valence-electron chi connectivity index (χ3n) is 5.64. The molecule has 2 aromatic carbocycles. The molecular formula is C23H27F2N7. The summed E-state index contributed by atoms with van der Waals surface area (Å²) in [5.41, 5.74) is 1.12. The number of hydrogen-bond acceptors (Lipinski definition) is 4. The number of aliphatic imine (C=N–C) groups is 1. The summed E-state index contributed by atoms with van der Waals surface area (Å²) in [5.74, 6) is 1.16. The molecule has 1 fully saturated rings. The highest BCUT2D eigenvalue weighted by molar-refractivity contribution is 5.80. The summed E-state index contributed by atoms with van der Waals surface area (Å²) in [6.07, 6.45) is 0.739. The number of benzene rings is 2. The Hall–Kier alpha value is -3.49. The van der Waals surface area contributed by atoms with E-state index in [9.17, 15) is 8.78 Å². The fourth-order valence-corrected chi connectivity index (χ4v) is 3.74. The second-order valence-electron chi connectivity index (χ2n) is 7.87. The Morgan fingerprint density at radius 3 is 2.53 bits per heavy atom. The smallest absolute Gasteiger partial charge is 0.192 e. The highest BCUT2D eigenvalue weighted by Crippen LogP contribution is 2.26. The number of nitrogens with one attached hydrogen (secondary N) is 2. The van der Waals surface area contributed by atoms with Crippen molar-refractivity contribution in [2.24, 2.45) is 12.0 Å². The predicted molar refractivity (Wildman–Crippen MR) is 120 cm³/mol. The highest BCUT2D eigenvalue weighted by atomic mass is 19.1. The van der Waals surface area contributed by atoms with Crippen molar-refractivity contribution in [3.63, 3.8) is 0 Å². The molecular weight excluding hydrogens is 412 g/mol. The van der Waals surface area contributed by atoms with Crippen LogP contribution in [0.1, 0.15) is 23.6 Å². The van der Waals surface area contributed by atoms with E-state index in [4.69, 9.17) is 4.99 Å². The Morgan fingerprint density at radius 2 is 1.84 bits per heavy atom. The molecule has 0 aliphatic carbocycles. The molecule has 3 aromatic rings. The summed E-state index contributed by atoms with van der Waals surface area (Å²) in [4.78, 5) is 6.45. The minimum Gasteiger partial charge on any atom is -0.365 e. The molecule has 2 N–H and O–H groups in total. The molecule has 2 heterocycles. The molecule has 0 saturated carbocycles. The number of nitrogens with zero attached hydrogens (tertiary/aromatic N) is 5. The van der Waals surface area contributed by atoms with Gasteiger partial charge in [0.15, 0.2) is 11.8 Å². The molecule has 0 bridgehead atoms. The van der Waals surface area contributed by atoms with Gasteiger partial charge >= 0.3 is 0 Å². The van der Waals surface area contributed by atoms with E-state index in [-0.39, 0.29) is 11.7 Å². The molecule has 9 heteroatoms. The number of hydrogen-bond donors (Lipinski definition) is 2. The molecule has 1 atom stereocenters. The Morgan fingerprint density at radius 1 is 1.09 bits per heavy atom. The lowest BCUT2D eigenvalue weighted by Gasteiger charge is -2.21. The lowest BCUT2D eigenvalue weighted by molar-refractivity contribution is 0.575. The number of anilines is 1.